The zero-order valence-corrected chi connectivity index (χ0v) is 12.4. The third-order valence-electron chi connectivity index (χ3n) is 3.71. The average molecular weight is 322 g/mol. The number of hydrogen-bond donors (Lipinski definition) is 1. The molecular weight excluding hydrogens is 306 g/mol. The van der Waals surface area contributed by atoms with Gasteiger partial charge in [-0.1, -0.05) is 27.2 Å². The summed E-state index contributed by atoms with van der Waals surface area (Å²) in [6, 6.07) is 6.28. The molecule has 1 aromatic heterocycles. The van der Waals surface area contributed by atoms with E-state index in [0.717, 1.165) is 23.0 Å². The zero-order valence-electron chi connectivity index (χ0n) is 10.8. The predicted molar refractivity (Wildman–Crippen MR) is 75.8 cm³/mol. The second-order valence-electron chi connectivity index (χ2n) is 5.37. The molecule has 0 spiro atoms. The van der Waals surface area contributed by atoms with Crippen molar-refractivity contribution in [3.63, 3.8) is 0 Å². The molecule has 5 heteroatoms. The molecule has 0 saturated heterocycles. The lowest BCUT2D eigenvalue weighted by molar-refractivity contribution is 0.0258. The SMILES string of the molecule is Cn1cc(CC2(O)CCc3cc(Br)ccc3C2)nn1. The molecule has 0 radical (unpaired) electrons. The van der Waals surface area contributed by atoms with Crippen LogP contribution in [0.3, 0.4) is 0 Å². The highest BCUT2D eigenvalue weighted by Gasteiger charge is 2.33. The predicted octanol–water partition coefficient (Wildman–Crippen LogP) is 2.04. The van der Waals surface area contributed by atoms with Crippen molar-refractivity contribution < 1.29 is 5.11 Å². The van der Waals surface area contributed by atoms with Gasteiger partial charge in [0.1, 0.15) is 0 Å². The van der Waals surface area contributed by atoms with Gasteiger partial charge in [-0.15, -0.1) is 5.10 Å². The van der Waals surface area contributed by atoms with Crippen molar-refractivity contribution in [3.8, 4) is 0 Å². The Labute approximate surface area is 120 Å². The van der Waals surface area contributed by atoms with Crippen LogP contribution in [0.2, 0.25) is 0 Å². The van der Waals surface area contributed by atoms with Gasteiger partial charge in [0, 0.05) is 30.6 Å². The minimum absolute atomic E-state index is 0.566. The first-order valence-electron chi connectivity index (χ1n) is 6.39. The maximum Gasteiger partial charge on any atom is 0.0855 e. The lowest BCUT2D eigenvalue weighted by Gasteiger charge is -2.33. The van der Waals surface area contributed by atoms with E-state index in [1.54, 1.807) is 4.68 Å². The lowest BCUT2D eigenvalue weighted by atomic mass is 9.78. The highest BCUT2D eigenvalue weighted by atomic mass is 79.9. The lowest BCUT2D eigenvalue weighted by Crippen LogP contribution is -2.38. The molecule has 1 unspecified atom stereocenters. The standard InChI is InChI=1S/C14H16BrN3O/c1-18-9-13(16-17-18)8-14(19)5-4-10-6-12(15)3-2-11(10)7-14/h2-3,6,9,19H,4-5,7-8H2,1H3. The largest absolute Gasteiger partial charge is 0.389 e. The molecule has 0 fully saturated rings. The van der Waals surface area contributed by atoms with Crippen LogP contribution < -0.4 is 0 Å². The Morgan fingerprint density at radius 1 is 1.42 bits per heavy atom. The maximum atomic E-state index is 10.8. The van der Waals surface area contributed by atoms with Crippen molar-refractivity contribution in [2.75, 3.05) is 0 Å². The van der Waals surface area contributed by atoms with Gasteiger partial charge < -0.3 is 5.11 Å². The van der Waals surface area contributed by atoms with E-state index in [2.05, 4.69) is 38.4 Å². The number of aliphatic hydroxyl groups is 1. The van der Waals surface area contributed by atoms with Crippen molar-refractivity contribution in [1.29, 1.82) is 0 Å². The van der Waals surface area contributed by atoms with E-state index >= 15 is 0 Å². The minimum Gasteiger partial charge on any atom is -0.389 e. The molecule has 3 rings (SSSR count). The molecule has 0 bridgehead atoms. The molecule has 2 aromatic rings. The quantitative estimate of drug-likeness (QED) is 0.921. The van der Waals surface area contributed by atoms with Crippen LogP contribution in [0.15, 0.2) is 28.9 Å². The molecule has 0 amide bonds. The third kappa shape index (κ3) is 2.72. The summed E-state index contributed by atoms with van der Waals surface area (Å²) < 4.78 is 2.78. The van der Waals surface area contributed by atoms with Gasteiger partial charge in [0.25, 0.3) is 0 Å². The number of benzene rings is 1. The Bertz CT molecular complexity index is 610. The van der Waals surface area contributed by atoms with Crippen molar-refractivity contribution in [1.82, 2.24) is 15.0 Å². The summed E-state index contributed by atoms with van der Waals surface area (Å²) in [5.41, 5.74) is 2.72. The van der Waals surface area contributed by atoms with E-state index in [1.807, 2.05) is 19.3 Å². The monoisotopic (exact) mass is 321 g/mol. The van der Waals surface area contributed by atoms with Gasteiger partial charge in [-0.05, 0) is 36.1 Å². The summed E-state index contributed by atoms with van der Waals surface area (Å²) in [7, 11) is 1.84. The first-order chi connectivity index (χ1) is 9.04. The van der Waals surface area contributed by atoms with Crippen molar-refractivity contribution >= 4 is 15.9 Å². The molecule has 1 aliphatic rings. The number of halogens is 1. The van der Waals surface area contributed by atoms with Crippen LogP contribution in [-0.4, -0.2) is 25.7 Å². The van der Waals surface area contributed by atoms with Gasteiger partial charge >= 0.3 is 0 Å². The van der Waals surface area contributed by atoms with Gasteiger partial charge in [0.05, 0.1) is 11.3 Å². The van der Waals surface area contributed by atoms with Crippen LogP contribution in [0.5, 0.6) is 0 Å². The van der Waals surface area contributed by atoms with Gasteiger partial charge in [0.2, 0.25) is 0 Å². The smallest absolute Gasteiger partial charge is 0.0855 e. The molecule has 1 N–H and O–H groups in total. The molecule has 0 aliphatic heterocycles. The van der Waals surface area contributed by atoms with Crippen molar-refractivity contribution in [2.24, 2.45) is 7.05 Å². The molecular formula is C14H16BrN3O. The summed E-state index contributed by atoms with van der Waals surface area (Å²) in [6.45, 7) is 0. The molecule has 1 aromatic carbocycles. The Kier molecular flexibility index (Phi) is 3.19. The highest BCUT2D eigenvalue weighted by molar-refractivity contribution is 9.10. The number of fused-ring (bicyclic) bond motifs is 1. The van der Waals surface area contributed by atoms with E-state index < -0.39 is 5.60 Å². The molecule has 1 atom stereocenters. The number of rotatable bonds is 2. The van der Waals surface area contributed by atoms with Gasteiger partial charge in [0.15, 0.2) is 0 Å². The molecule has 100 valence electrons. The average Bonchev–Trinajstić information content (AvgIpc) is 2.75. The van der Waals surface area contributed by atoms with Crippen LogP contribution in [0, 0.1) is 0 Å². The normalized spacial score (nSPS) is 22.3. The van der Waals surface area contributed by atoms with Crippen LogP contribution in [0.25, 0.3) is 0 Å². The molecule has 1 heterocycles. The molecule has 0 saturated carbocycles. The van der Waals surface area contributed by atoms with Crippen LogP contribution in [0.4, 0.5) is 0 Å². The Balaban J connectivity index is 1.81. The van der Waals surface area contributed by atoms with Crippen molar-refractivity contribution in [2.45, 2.75) is 31.3 Å². The number of aromatic nitrogens is 3. The second kappa shape index (κ2) is 4.72. The molecule has 19 heavy (non-hydrogen) atoms. The van der Waals surface area contributed by atoms with E-state index in [9.17, 15) is 5.11 Å². The minimum atomic E-state index is -0.698. The molecule has 1 aliphatic carbocycles. The fraction of sp³-hybridized carbons (Fsp3) is 0.429. The highest BCUT2D eigenvalue weighted by Crippen LogP contribution is 2.32. The van der Waals surface area contributed by atoms with Crippen LogP contribution in [-0.2, 0) is 26.3 Å². The number of hydrogen-bond acceptors (Lipinski definition) is 3. The van der Waals surface area contributed by atoms with E-state index in [-0.39, 0.29) is 0 Å². The Morgan fingerprint density at radius 3 is 3.00 bits per heavy atom. The van der Waals surface area contributed by atoms with E-state index in [1.165, 1.54) is 11.1 Å². The van der Waals surface area contributed by atoms with Gasteiger partial charge in [-0.3, -0.25) is 4.68 Å². The third-order valence-corrected chi connectivity index (χ3v) is 4.20. The van der Waals surface area contributed by atoms with Crippen molar-refractivity contribution in [3.05, 3.63) is 45.7 Å². The number of nitrogens with zero attached hydrogens (tertiary/aromatic N) is 3. The Morgan fingerprint density at radius 2 is 2.26 bits per heavy atom. The fourth-order valence-electron chi connectivity index (χ4n) is 2.77. The van der Waals surface area contributed by atoms with Gasteiger partial charge in [-0.25, -0.2) is 0 Å². The number of aryl methyl sites for hydroxylation is 2. The first kappa shape index (κ1) is 12.8. The summed E-state index contributed by atoms with van der Waals surface area (Å²) in [5, 5.41) is 18.8. The molecule has 4 nitrogen and oxygen atoms in total. The van der Waals surface area contributed by atoms with Crippen LogP contribution >= 0.6 is 15.9 Å². The summed E-state index contributed by atoms with van der Waals surface area (Å²) in [5.74, 6) is 0. The fourth-order valence-corrected chi connectivity index (χ4v) is 3.18. The Hall–Kier alpha value is -1.20. The first-order valence-corrected chi connectivity index (χ1v) is 7.18. The zero-order chi connectivity index (χ0) is 13.5. The topological polar surface area (TPSA) is 50.9 Å². The van der Waals surface area contributed by atoms with Crippen LogP contribution in [0.1, 0.15) is 23.2 Å². The van der Waals surface area contributed by atoms with E-state index in [0.29, 0.717) is 12.8 Å². The van der Waals surface area contributed by atoms with E-state index in [4.69, 9.17) is 0 Å². The second-order valence-corrected chi connectivity index (χ2v) is 6.29. The summed E-state index contributed by atoms with van der Waals surface area (Å²) in [4.78, 5) is 0. The van der Waals surface area contributed by atoms with Gasteiger partial charge in [-0.2, -0.15) is 0 Å². The maximum absolute atomic E-state index is 10.8. The summed E-state index contributed by atoms with van der Waals surface area (Å²) in [6.07, 6.45) is 4.80. The summed E-state index contributed by atoms with van der Waals surface area (Å²) >= 11 is 3.49.